The second-order valence-corrected chi connectivity index (χ2v) is 7.72. The molecule has 6 heteroatoms. The first-order valence-electron chi connectivity index (χ1n) is 6.33. The molecular formula is C13H19F3O2Si. The van der Waals surface area contributed by atoms with Gasteiger partial charge in [0.15, 0.2) is 17.5 Å². The van der Waals surface area contributed by atoms with Crippen LogP contribution in [0.5, 0.6) is 0 Å². The first-order valence-corrected chi connectivity index (χ1v) is 8.85. The normalized spacial score (nSPS) is 11.9. The van der Waals surface area contributed by atoms with E-state index in [1.54, 1.807) is 0 Å². The van der Waals surface area contributed by atoms with Gasteiger partial charge in [0.05, 0.1) is 0 Å². The number of aryl methyl sites for hydroxylation is 1. The Kier molecular flexibility index (Phi) is 6.03. The monoisotopic (exact) mass is 292 g/mol. The molecule has 0 heterocycles. The van der Waals surface area contributed by atoms with Crippen LogP contribution in [0.4, 0.5) is 13.2 Å². The van der Waals surface area contributed by atoms with Gasteiger partial charge in [0.1, 0.15) is 0 Å². The Morgan fingerprint density at radius 1 is 1.00 bits per heavy atom. The van der Waals surface area contributed by atoms with Crippen LogP contribution in [0.3, 0.4) is 0 Å². The lowest BCUT2D eigenvalue weighted by atomic mass is 10.1. The summed E-state index contributed by atoms with van der Waals surface area (Å²) in [6, 6.07) is 2.61. The van der Waals surface area contributed by atoms with E-state index in [1.165, 1.54) is 0 Å². The van der Waals surface area contributed by atoms with Gasteiger partial charge in [-0.1, -0.05) is 0 Å². The average molecular weight is 292 g/mol. The Morgan fingerprint density at radius 3 is 1.89 bits per heavy atom. The SMILES string of the molecule is CCO[Si](C)(CCc1cc(F)c(F)c(F)c1)OCC. The molecule has 0 fully saturated rings. The summed E-state index contributed by atoms with van der Waals surface area (Å²) in [5.74, 6) is -3.75. The maximum atomic E-state index is 13.1. The predicted molar refractivity (Wildman–Crippen MR) is 69.7 cm³/mol. The topological polar surface area (TPSA) is 18.5 Å². The molecule has 0 saturated carbocycles. The maximum absolute atomic E-state index is 13.1. The van der Waals surface area contributed by atoms with Crippen molar-refractivity contribution in [1.82, 2.24) is 0 Å². The molecule has 108 valence electrons. The van der Waals surface area contributed by atoms with Gasteiger partial charge >= 0.3 is 8.56 Å². The van der Waals surface area contributed by atoms with Crippen molar-refractivity contribution in [3.8, 4) is 0 Å². The van der Waals surface area contributed by atoms with E-state index < -0.39 is 26.0 Å². The van der Waals surface area contributed by atoms with Gasteiger partial charge in [0.2, 0.25) is 0 Å². The summed E-state index contributed by atoms with van der Waals surface area (Å²) in [5.41, 5.74) is 0.412. The van der Waals surface area contributed by atoms with E-state index in [1.807, 2.05) is 20.4 Å². The number of hydrogen-bond donors (Lipinski definition) is 0. The van der Waals surface area contributed by atoms with Gasteiger partial charge in [-0.25, -0.2) is 13.2 Å². The number of benzene rings is 1. The molecule has 0 aliphatic carbocycles. The first kappa shape index (κ1) is 16.2. The fourth-order valence-corrected chi connectivity index (χ4v) is 4.26. The van der Waals surface area contributed by atoms with Crippen LogP contribution in [0.1, 0.15) is 19.4 Å². The Morgan fingerprint density at radius 2 is 1.47 bits per heavy atom. The molecule has 1 aromatic carbocycles. The molecule has 0 spiro atoms. The highest BCUT2D eigenvalue weighted by Crippen LogP contribution is 2.20. The summed E-state index contributed by atoms with van der Waals surface area (Å²) in [5, 5.41) is 0. The van der Waals surface area contributed by atoms with Crippen LogP contribution in [-0.2, 0) is 15.3 Å². The molecule has 2 nitrogen and oxygen atoms in total. The third kappa shape index (κ3) is 4.63. The molecule has 0 unspecified atom stereocenters. The molecule has 0 N–H and O–H groups in total. The van der Waals surface area contributed by atoms with Crippen LogP contribution < -0.4 is 0 Å². The molecule has 0 aliphatic heterocycles. The third-order valence-electron chi connectivity index (χ3n) is 2.81. The molecule has 0 aromatic heterocycles. The number of rotatable bonds is 7. The summed E-state index contributed by atoms with van der Waals surface area (Å²) in [6.45, 7) is 6.74. The van der Waals surface area contributed by atoms with Crippen molar-refractivity contribution in [3.63, 3.8) is 0 Å². The van der Waals surface area contributed by atoms with Gasteiger partial charge in [-0.3, -0.25) is 0 Å². The summed E-state index contributed by atoms with van der Waals surface area (Å²) >= 11 is 0. The lowest BCUT2D eigenvalue weighted by Gasteiger charge is -2.25. The van der Waals surface area contributed by atoms with E-state index in [-0.39, 0.29) is 0 Å². The maximum Gasteiger partial charge on any atom is 0.335 e. The van der Waals surface area contributed by atoms with Gasteiger partial charge in [-0.2, -0.15) is 0 Å². The molecule has 0 bridgehead atoms. The molecule has 19 heavy (non-hydrogen) atoms. The second-order valence-electron chi connectivity index (χ2n) is 4.37. The van der Waals surface area contributed by atoms with Crippen LogP contribution in [0.25, 0.3) is 0 Å². The number of halogens is 3. The number of hydrogen-bond acceptors (Lipinski definition) is 2. The van der Waals surface area contributed by atoms with Gasteiger partial charge in [0, 0.05) is 13.2 Å². The Labute approximate surface area is 112 Å². The Balaban J connectivity index is 2.74. The summed E-state index contributed by atoms with van der Waals surface area (Å²) < 4.78 is 50.3. The highest BCUT2D eigenvalue weighted by Gasteiger charge is 2.30. The van der Waals surface area contributed by atoms with Gasteiger partial charge in [0.25, 0.3) is 0 Å². The first-order chi connectivity index (χ1) is 8.91. The summed E-state index contributed by atoms with van der Waals surface area (Å²) in [7, 11) is -2.32. The molecule has 0 saturated heterocycles. The zero-order valence-corrected chi connectivity index (χ0v) is 12.4. The van der Waals surface area contributed by atoms with Crippen LogP contribution in [0.2, 0.25) is 12.6 Å². The van der Waals surface area contributed by atoms with Crippen LogP contribution in [0, 0.1) is 17.5 Å². The zero-order chi connectivity index (χ0) is 14.5. The molecule has 0 aliphatic rings. The van der Waals surface area contributed by atoms with E-state index in [9.17, 15) is 13.2 Å². The van der Waals surface area contributed by atoms with Crippen LogP contribution in [-0.4, -0.2) is 21.8 Å². The fraction of sp³-hybridized carbons (Fsp3) is 0.538. The quantitative estimate of drug-likeness (QED) is 0.562. The minimum Gasteiger partial charge on any atom is -0.395 e. The Hall–Kier alpha value is -0.853. The Bertz CT molecular complexity index is 397. The smallest absolute Gasteiger partial charge is 0.335 e. The highest BCUT2D eigenvalue weighted by atomic mass is 28.4. The van der Waals surface area contributed by atoms with E-state index in [4.69, 9.17) is 8.85 Å². The van der Waals surface area contributed by atoms with Crippen LogP contribution in [0.15, 0.2) is 12.1 Å². The van der Waals surface area contributed by atoms with E-state index in [0.29, 0.717) is 31.2 Å². The molecule has 0 radical (unpaired) electrons. The molecule has 0 amide bonds. The van der Waals surface area contributed by atoms with Gasteiger partial charge in [-0.05, 0) is 50.6 Å². The third-order valence-corrected chi connectivity index (χ3v) is 5.77. The minimum atomic E-state index is -2.32. The zero-order valence-electron chi connectivity index (χ0n) is 11.4. The van der Waals surface area contributed by atoms with Crippen molar-refractivity contribution in [2.75, 3.05) is 13.2 Å². The van der Waals surface area contributed by atoms with E-state index >= 15 is 0 Å². The van der Waals surface area contributed by atoms with Crippen molar-refractivity contribution in [1.29, 1.82) is 0 Å². The largest absolute Gasteiger partial charge is 0.395 e. The molecular weight excluding hydrogens is 273 g/mol. The fourth-order valence-electron chi connectivity index (χ4n) is 1.92. The standard InChI is InChI=1S/C13H19F3O2Si/c1-4-17-19(3,18-5-2)7-6-10-8-11(14)13(16)12(15)9-10/h8-9H,4-7H2,1-3H3. The lowest BCUT2D eigenvalue weighted by molar-refractivity contribution is 0.189. The van der Waals surface area contributed by atoms with Gasteiger partial charge in [-0.15, -0.1) is 0 Å². The van der Waals surface area contributed by atoms with Crippen LogP contribution >= 0.6 is 0 Å². The molecule has 1 rings (SSSR count). The van der Waals surface area contributed by atoms with Crippen molar-refractivity contribution in [2.45, 2.75) is 32.9 Å². The van der Waals surface area contributed by atoms with E-state index in [2.05, 4.69) is 0 Å². The summed E-state index contributed by atoms with van der Waals surface area (Å²) in [6.07, 6.45) is 0.400. The molecule has 1 aromatic rings. The highest BCUT2D eigenvalue weighted by molar-refractivity contribution is 6.66. The lowest BCUT2D eigenvalue weighted by Crippen LogP contribution is -2.39. The van der Waals surface area contributed by atoms with Crippen molar-refractivity contribution < 1.29 is 22.0 Å². The predicted octanol–water partition coefficient (Wildman–Crippen LogP) is 3.79. The van der Waals surface area contributed by atoms with E-state index in [0.717, 1.165) is 12.1 Å². The average Bonchev–Trinajstić information content (AvgIpc) is 2.34. The summed E-state index contributed by atoms with van der Waals surface area (Å²) in [4.78, 5) is 0. The van der Waals surface area contributed by atoms with Crippen molar-refractivity contribution in [3.05, 3.63) is 35.1 Å². The van der Waals surface area contributed by atoms with Gasteiger partial charge < -0.3 is 8.85 Å². The van der Waals surface area contributed by atoms with Crippen molar-refractivity contribution in [2.24, 2.45) is 0 Å². The second kappa shape index (κ2) is 7.07. The minimum absolute atomic E-state index is 0.400. The van der Waals surface area contributed by atoms with Crippen molar-refractivity contribution >= 4 is 8.56 Å². The molecule has 0 atom stereocenters.